The van der Waals surface area contributed by atoms with Crippen molar-refractivity contribution in [2.45, 2.75) is 19.4 Å². The summed E-state index contributed by atoms with van der Waals surface area (Å²) in [5.74, 6) is -0.877. The van der Waals surface area contributed by atoms with E-state index in [1.165, 1.54) is 7.11 Å². The van der Waals surface area contributed by atoms with Crippen molar-refractivity contribution in [3.05, 3.63) is 42.0 Å². The lowest BCUT2D eigenvalue weighted by molar-refractivity contribution is -0.148. The van der Waals surface area contributed by atoms with E-state index in [2.05, 4.69) is 4.74 Å². The van der Waals surface area contributed by atoms with E-state index in [0.717, 1.165) is 5.56 Å². The Kier molecular flexibility index (Phi) is 5.43. The normalized spacial score (nSPS) is 14.5. The molecule has 17 heavy (non-hydrogen) atoms. The fourth-order valence-corrected chi connectivity index (χ4v) is 1.56. The average molecular weight is 234 g/mol. The topological polar surface area (TPSA) is 46.5 Å². The first-order chi connectivity index (χ1) is 8.15. The van der Waals surface area contributed by atoms with Gasteiger partial charge in [0.2, 0.25) is 0 Å². The first-order valence-electron chi connectivity index (χ1n) is 5.62. The van der Waals surface area contributed by atoms with E-state index in [1.54, 1.807) is 6.92 Å². The van der Waals surface area contributed by atoms with Crippen LogP contribution in [-0.4, -0.2) is 24.3 Å². The van der Waals surface area contributed by atoms with Crippen molar-refractivity contribution >= 4 is 12.0 Å². The van der Waals surface area contributed by atoms with Gasteiger partial charge in [-0.05, 0) is 18.9 Å². The van der Waals surface area contributed by atoms with Gasteiger partial charge in [-0.25, -0.2) is 0 Å². The number of hydrogen-bond acceptors (Lipinski definition) is 3. The van der Waals surface area contributed by atoms with Crippen molar-refractivity contribution in [3.8, 4) is 0 Å². The zero-order valence-corrected chi connectivity index (χ0v) is 10.2. The van der Waals surface area contributed by atoms with Gasteiger partial charge in [0.05, 0.1) is 19.1 Å². The molecule has 1 aromatic rings. The van der Waals surface area contributed by atoms with Crippen LogP contribution in [0.15, 0.2) is 36.4 Å². The van der Waals surface area contributed by atoms with Gasteiger partial charge in [0.15, 0.2) is 0 Å². The van der Waals surface area contributed by atoms with Crippen LogP contribution in [0.3, 0.4) is 0 Å². The van der Waals surface area contributed by atoms with Crippen LogP contribution >= 0.6 is 0 Å². The third-order valence-electron chi connectivity index (χ3n) is 2.59. The van der Waals surface area contributed by atoms with Crippen LogP contribution in [0.1, 0.15) is 18.9 Å². The molecule has 0 saturated heterocycles. The average Bonchev–Trinajstić information content (AvgIpc) is 2.34. The van der Waals surface area contributed by atoms with Gasteiger partial charge in [-0.2, -0.15) is 0 Å². The van der Waals surface area contributed by atoms with Crippen molar-refractivity contribution in [2.75, 3.05) is 7.11 Å². The molecule has 2 atom stereocenters. The van der Waals surface area contributed by atoms with E-state index in [4.69, 9.17) is 0 Å². The molecule has 0 aliphatic rings. The summed E-state index contributed by atoms with van der Waals surface area (Å²) in [4.78, 5) is 11.4. The van der Waals surface area contributed by atoms with Gasteiger partial charge in [0.1, 0.15) is 0 Å². The van der Waals surface area contributed by atoms with Gasteiger partial charge in [0.25, 0.3) is 0 Å². The van der Waals surface area contributed by atoms with Gasteiger partial charge in [-0.3, -0.25) is 4.79 Å². The standard InChI is InChI=1S/C14H18O3/c1-11(15)13(14(16)17-2)10-6-9-12-7-4-3-5-8-12/h3-9,11,13,15H,10H2,1-2H3/b9-6+. The molecule has 0 aliphatic carbocycles. The minimum absolute atomic E-state index is 0.377. The number of carbonyl (C=O) groups is 1. The van der Waals surface area contributed by atoms with Crippen LogP contribution in [0.25, 0.3) is 6.08 Å². The summed E-state index contributed by atoms with van der Waals surface area (Å²) in [6, 6.07) is 9.81. The lowest BCUT2D eigenvalue weighted by atomic mass is 9.99. The Balaban J connectivity index is 2.58. The minimum atomic E-state index is -0.706. The van der Waals surface area contributed by atoms with E-state index in [1.807, 2.05) is 42.5 Å². The molecule has 1 aromatic carbocycles. The minimum Gasteiger partial charge on any atom is -0.469 e. The molecule has 0 heterocycles. The van der Waals surface area contributed by atoms with E-state index in [9.17, 15) is 9.90 Å². The Morgan fingerprint density at radius 1 is 1.41 bits per heavy atom. The highest BCUT2D eigenvalue weighted by Gasteiger charge is 2.22. The van der Waals surface area contributed by atoms with E-state index >= 15 is 0 Å². The monoisotopic (exact) mass is 234 g/mol. The predicted octanol–water partition coefficient (Wildman–Crippen LogP) is 2.26. The van der Waals surface area contributed by atoms with Gasteiger partial charge < -0.3 is 9.84 Å². The molecule has 0 spiro atoms. The van der Waals surface area contributed by atoms with E-state index < -0.39 is 12.0 Å². The molecular weight excluding hydrogens is 216 g/mol. The second kappa shape index (κ2) is 6.86. The summed E-state index contributed by atoms with van der Waals surface area (Å²) in [5, 5.41) is 9.48. The molecule has 3 nitrogen and oxygen atoms in total. The molecule has 0 amide bonds. The second-order valence-corrected chi connectivity index (χ2v) is 3.92. The number of allylic oxidation sites excluding steroid dienone is 1. The first kappa shape index (κ1) is 13.5. The predicted molar refractivity (Wildman–Crippen MR) is 67.3 cm³/mol. The van der Waals surface area contributed by atoms with Crippen molar-refractivity contribution in [1.29, 1.82) is 0 Å². The fraction of sp³-hybridized carbons (Fsp3) is 0.357. The number of rotatable bonds is 5. The third kappa shape index (κ3) is 4.41. The van der Waals surface area contributed by atoms with Crippen molar-refractivity contribution in [2.24, 2.45) is 5.92 Å². The maximum absolute atomic E-state index is 11.4. The molecule has 0 saturated carbocycles. The van der Waals surface area contributed by atoms with E-state index in [0.29, 0.717) is 6.42 Å². The molecule has 92 valence electrons. The van der Waals surface area contributed by atoms with Crippen molar-refractivity contribution < 1.29 is 14.6 Å². The fourth-order valence-electron chi connectivity index (χ4n) is 1.56. The summed E-state index contributed by atoms with van der Waals surface area (Å²) < 4.78 is 4.64. The number of carbonyl (C=O) groups excluding carboxylic acids is 1. The highest BCUT2D eigenvalue weighted by atomic mass is 16.5. The molecule has 0 aliphatic heterocycles. The summed E-state index contributed by atoms with van der Waals surface area (Å²) in [5.41, 5.74) is 1.07. The van der Waals surface area contributed by atoms with Crippen LogP contribution in [0.2, 0.25) is 0 Å². The molecular formula is C14H18O3. The van der Waals surface area contributed by atoms with Crippen molar-refractivity contribution in [1.82, 2.24) is 0 Å². The van der Waals surface area contributed by atoms with Gasteiger partial charge in [-0.15, -0.1) is 0 Å². The summed E-state index contributed by atoms with van der Waals surface area (Å²) in [7, 11) is 1.33. The molecule has 0 bridgehead atoms. The second-order valence-electron chi connectivity index (χ2n) is 3.92. The zero-order valence-electron chi connectivity index (χ0n) is 10.2. The Hall–Kier alpha value is -1.61. The SMILES string of the molecule is COC(=O)C(C/C=C/c1ccccc1)C(C)O. The summed E-state index contributed by atoms with van der Waals surface area (Å²) in [6.07, 6.45) is 3.57. The summed E-state index contributed by atoms with van der Waals surface area (Å²) >= 11 is 0. The Labute approximate surface area is 102 Å². The van der Waals surface area contributed by atoms with Crippen LogP contribution in [0.5, 0.6) is 0 Å². The molecule has 0 fully saturated rings. The lowest BCUT2D eigenvalue weighted by Gasteiger charge is -2.15. The highest BCUT2D eigenvalue weighted by molar-refractivity contribution is 5.73. The molecule has 1 N–H and O–H groups in total. The van der Waals surface area contributed by atoms with Gasteiger partial charge >= 0.3 is 5.97 Å². The van der Waals surface area contributed by atoms with Crippen LogP contribution in [0.4, 0.5) is 0 Å². The van der Waals surface area contributed by atoms with Crippen LogP contribution < -0.4 is 0 Å². The number of aliphatic hydroxyl groups is 1. The smallest absolute Gasteiger partial charge is 0.311 e. The lowest BCUT2D eigenvalue weighted by Crippen LogP contribution is -2.26. The Morgan fingerprint density at radius 2 is 2.06 bits per heavy atom. The van der Waals surface area contributed by atoms with Crippen LogP contribution in [0, 0.1) is 5.92 Å². The van der Waals surface area contributed by atoms with Crippen molar-refractivity contribution in [3.63, 3.8) is 0 Å². The maximum atomic E-state index is 11.4. The third-order valence-corrected chi connectivity index (χ3v) is 2.59. The molecule has 3 heteroatoms. The van der Waals surface area contributed by atoms with Crippen LogP contribution in [-0.2, 0) is 9.53 Å². The number of esters is 1. The molecule has 1 rings (SSSR count). The largest absolute Gasteiger partial charge is 0.469 e. The maximum Gasteiger partial charge on any atom is 0.311 e. The molecule has 0 radical (unpaired) electrons. The summed E-state index contributed by atoms with van der Waals surface area (Å²) in [6.45, 7) is 1.60. The van der Waals surface area contributed by atoms with Gasteiger partial charge in [-0.1, -0.05) is 42.5 Å². The van der Waals surface area contributed by atoms with E-state index in [-0.39, 0.29) is 5.97 Å². The first-order valence-corrected chi connectivity index (χ1v) is 5.62. The zero-order chi connectivity index (χ0) is 12.7. The number of aliphatic hydroxyl groups excluding tert-OH is 1. The number of hydrogen-bond donors (Lipinski definition) is 1. The quantitative estimate of drug-likeness (QED) is 0.795. The van der Waals surface area contributed by atoms with Gasteiger partial charge in [0, 0.05) is 0 Å². The number of benzene rings is 1. The molecule has 2 unspecified atom stereocenters. The Bertz CT molecular complexity index is 368. The Morgan fingerprint density at radius 3 is 2.59 bits per heavy atom. The molecule has 0 aromatic heterocycles. The number of ether oxygens (including phenoxy) is 1. The number of methoxy groups -OCH3 is 1. The highest BCUT2D eigenvalue weighted by Crippen LogP contribution is 2.13.